The molecule has 3 nitrogen and oxygen atoms in total. The highest BCUT2D eigenvalue weighted by atomic mass is 32.2. The molecule has 1 atom stereocenters. The molecule has 0 saturated carbocycles. The quantitative estimate of drug-likeness (QED) is 0.899. The summed E-state index contributed by atoms with van der Waals surface area (Å²) in [6, 6.07) is 8.35. The third-order valence-electron chi connectivity index (χ3n) is 2.97. The van der Waals surface area contributed by atoms with Crippen LogP contribution in [0.25, 0.3) is 0 Å². The molecule has 1 aromatic rings. The summed E-state index contributed by atoms with van der Waals surface area (Å²) in [4.78, 5) is 1.17. The summed E-state index contributed by atoms with van der Waals surface area (Å²) in [5, 5.41) is 3.52. The van der Waals surface area contributed by atoms with Gasteiger partial charge in [0.2, 0.25) is 0 Å². The highest BCUT2D eigenvalue weighted by molar-refractivity contribution is 8.01. The Hall–Kier alpha value is -0.520. The van der Waals surface area contributed by atoms with Crippen molar-refractivity contribution >= 4 is 21.6 Å². The Morgan fingerprint density at radius 1 is 1.44 bits per heavy atom. The van der Waals surface area contributed by atoms with Crippen LogP contribution < -0.4 is 5.32 Å². The SMILES string of the molecule is CCNCc1cccc(SC2CCS(=O)(=O)C2)c1. The Labute approximate surface area is 113 Å². The lowest BCUT2D eigenvalue weighted by molar-refractivity contribution is 0.602. The summed E-state index contributed by atoms with van der Waals surface area (Å²) in [7, 11) is -2.77. The van der Waals surface area contributed by atoms with E-state index in [1.54, 1.807) is 11.8 Å². The van der Waals surface area contributed by atoms with Crippen molar-refractivity contribution in [3.05, 3.63) is 29.8 Å². The molecule has 1 fully saturated rings. The van der Waals surface area contributed by atoms with Crippen LogP contribution in [0, 0.1) is 0 Å². The maximum absolute atomic E-state index is 11.4. The van der Waals surface area contributed by atoms with Crippen LogP contribution in [0.2, 0.25) is 0 Å². The maximum Gasteiger partial charge on any atom is 0.151 e. The zero-order valence-corrected chi connectivity index (χ0v) is 12.2. The van der Waals surface area contributed by atoms with Crippen molar-refractivity contribution in [3.63, 3.8) is 0 Å². The summed E-state index contributed by atoms with van der Waals surface area (Å²) in [5.74, 6) is 0.677. The molecule has 1 unspecified atom stereocenters. The summed E-state index contributed by atoms with van der Waals surface area (Å²) in [6.45, 7) is 3.91. The van der Waals surface area contributed by atoms with E-state index in [9.17, 15) is 8.42 Å². The molecule has 1 aliphatic rings. The van der Waals surface area contributed by atoms with E-state index in [1.165, 1.54) is 10.5 Å². The number of hydrogen-bond donors (Lipinski definition) is 1. The first-order chi connectivity index (χ1) is 8.59. The van der Waals surface area contributed by atoms with Crippen LogP contribution in [-0.4, -0.2) is 31.7 Å². The van der Waals surface area contributed by atoms with Crippen molar-refractivity contribution in [1.82, 2.24) is 5.32 Å². The van der Waals surface area contributed by atoms with Gasteiger partial charge in [-0.1, -0.05) is 19.1 Å². The van der Waals surface area contributed by atoms with E-state index in [1.807, 2.05) is 6.07 Å². The van der Waals surface area contributed by atoms with Gasteiger partial charge in [0.05, 0.1) is 11.5 Å². The van der Waals surface area contributed by atoms with Crippen LogP contribution in [-0.2, 0) is 16.4 Å². The van der Waals surface area contributed by atoms with Gasteiger partial charge in [0.1, 0.15) is 0 Å². The second-order valence-electron chi connectivity index (χ2n) is 4.57. The topological polar surface area (TPSA) is 46.2 Å². The van der Waals surface area contributed by atoms with E-state index in [0.717, 1.165) is 19.5 Å². The Kier molecular flexibility index (Phi) is 4.70. The number of hydrogen-bond acceptors (Lipinski definition) is 4. The highest BCUT2D eigenvalue weighted by Crippen LogP contribution is 2.31. The molecule has 0 aliphatic carbocycles. The van der Waals surface area contributed by atoms with Crippen molar-refractivity contribution < 1.29 is 8.42 Å². The fraction of sp³-hybridized carbons (Fsp3) is 0.538. The van der Waals surface area contributed by atoms with Crippen LogP contribution >= 0.6 is 11.8 Å². The molecule has 100 valence electrons. The molecular formula is C13H19NO2S2. The number of thioether (sulfide) groups is 1. The van der Waals surface area contributed by atoms with E-state index in [4.69, 9.17) is 0 Å². The average molecular weight is 285 g/mol. The van der Waals surface area contributed by atoms with Crippen LogP contribution in [0.15, 0.2) is 29.2 Å². The van der Waals surface area contributed by atoms with Crippen LogP contribution in [0.1, 0.15) is 18.9 Å². The zero-order valence-electron chi connectivity index (χ0n) is 10.6. The van der Waals surface area contributed by atoms with Crippen molar-refractivity contribution in [2.24, 2.45) is 0 Å². The van der Waals surface area contributed by atoms with Crippen molar-refractivity contribution in [2.45, 2.75) is 30.0 Å². The maximum atomic E-state index is 11.4. The van der Waals surface area contributed by atoms with E-state index < -0.39 is 9.84 Å². The minimum Gasteiger partial charge on any atom is -0.313 e. The molecule has 18 heavy (non-hydrogen) atoms. The van der Waals surface area contributed by atoms with E-state index in [2.05, 4.69) is 30.4 Å². The number of rotatable bonds is 5. The fourth-order valence-corrected chi connectivity index (χ4v) is 5.63. The first-order valence-electron chi connectivity index (χ1n) is 6.26. The fourth-order valence-electron chi connectivity index (χ4n) is 2.04. The van der Waals surface area contributed by atoms with Crippen molar-refractivity contribution in [2.75, 3.05) is 18.1 Å². The van der Waals surface area contributed by atoms with Gasteiger partial charge in [0.25, 0.3) is 0 Å². The van der Waals surface area contributed by atoms with Crippen LogP contribution in [0.5, 0.6) is 0 Å². The first kappa shape index (κ1) is 13.9. The molecule has 0 bridgehead atoms. The lowest BCUT2D eigenvalue weighted by Gasteiger charge is -2.09. The van der Waals surface area contributed by atoms with Crippen LogP contribution in [0.4, 0.5) is 0 Å². The van der Waals surface area contributed by atoms with E-state index >= 15 is 0 Å². The molecule has 1 saturated heterocycles. The lowest BCUT2D eigenvalue weighted by atomic mass is 10.2. The predicted octanol–water partition coefficient (Wildman–Crippen LogP) is 2.08. The molecule has 0 amide bonds. The summed E-state index contributed by atoms with van der Waals surface area (Å²) >= 11 is 1.69. The molecule has 0 aromatic heterocycles. The average Bonchev–Trinajstić information content (AvgIpc) is 2.66. The highest BCUT2D eigenvalue weighted by Gasteiger charge is 2.28. The molecule has 1 aliphatic heterocycles. The van der Waals surface area contributed by atoms with Gasteiger partial charge in [0.15, 0.2) is 9.84 Å². The van der Waals surface area contributed by atoms with Crippen molar-refractivity contribution in [3.8, 4) is 0 Å². The van der Waals surface area contributed by atoms with Gasteiger partial charge in [-0.3, -0.25) is 0 Å². The van der Waals surface area contributed by atoms with E-state index in [0.29, 0.717) is 11.5 Å². The third kappa shape index (κ3) is 4.00. The summed E-state index contributed by atoms with van der Waals surface area (Å²) < 4.78 is 22.8. The van der Waals surface area contributed by atoms with Gasteiger partial charge < -0.3 is 5.32 Å². The molecule has 1 heterocycles. The summed E-state index contributed by atoms with van der Waals surface area (Å²) in [6.07, 6.45) is 0.782. The smallest absolute Gasteiger partial charge is 0.151 e. The second-order valence-corrected chi connectivity index (χ2v) is 8.17. The predicted molar refractivity (Wildman–Crippen MR) is 76.7 cm³/mol. The molecule has 0 spiro atoms. The Bertz CT molecular complexity index is 499. The lowest BCUT2D eigenvalue weighted by Crippen LogP contribution is -2.11. The van der Waals surface area contributed by atoms with Gasteiger partial charge in [-0.25, -0.2) is 8.42 Å². The largest absolute Gasteiger partial charge is 0.313 e. The Balaban J connectivity index is 1.97. The van der Waals surface area contributed by atoms with E-state index in [-0.39, 0.29) is 5.25 Å². The molecule has 2 rings (SSSR count). The van der Waals surface area contributed by atoms with Gasteiger partial charge in [0, 0.05) is 16.7 Å². The third-order valence-corrected chi connectivity index (χ3v) is 6.21. The number of nitrogens with one attached hydrogen (secondary N) is 1. The minimum absolute atomic E-state index is 0.226. The standard InChI is InChI=1S/C13H19NO2S2/c1-2-14-9-11-4-3-5-12(8-11)17-13-6-7-18(15,16)10-13/h3-5,8,13-14H,2,6-7,9-10H2,1H3. The van der Waals surface area contributed by atoms with Gasteiger partial charge in [-0.2, -0.15) is 0 Å². The molecule has 1 N–H and O–H groups in total. The van der Waals surface area contributed by atoms with Crippen LogP contribution in [0.3, 0.4) is 0 Å². The normalized spacial score (nSPS) is 22.2. The Morgan fingerprint density at radius 3 is 2.94 bits per heavy atom. The monoisotopic (exact) mass is 285 g/mol. The molecule has 1 aromatic carbocycles. The van der Waals surface area contributed by atoms with Gasteiger partial charge in [-0.15, -0.1) is 11.8 Å². The van der Waals surface area contributed by atoms with Crippen molar-refractivity contribution in [1.29, 1.82) is 0 Å². The molecular weight excluding hydrogens is 266 g/mol. The molecule has 0 radical (unpaired) electrons. The second kappa shape index (κ2) is 6.08. The van der Waals surface area contributed by atoms with Gasteiger partial charge >= 0.3 is 0 Å². The first-order valence-corrected chi connectivity index (χ1v) is 8.96. The minimum atomic E-state index is -2.77. The number of benzene rings is 1. The molecule has 5 heteroatoms. The zero-order chi connectivity index (χ0) is 13.0. The van der Waals surface area contributed by atoms with Gasteiger partial charge in [-0.05, 0) is 30.7 Å². The summed E-state index contributed by atoms with van der Waals surface area (Å²) in [5.41, 5.74) is 1.25. The number of sulfone groups is 1. The Morgan fingerprint density at radius 2 is 2.28 bits per heavy atom.